The highest BCUT2D eigenvalue weighted by atomic mass is 35.5. The molecule has 2 nitrogen and oxygen atoms in total. The first-order chi connectivity index (χ1) is 9.21. The lowest BCUT2D eigenvalue weighted by Crippen LogP contribution is -2.31. The van der Waals surface area contributed by atoms with E-state index in [-0.39, 0.29) is 0 Å². The van der Waals surface area contributed by atoms with E-state index in [1.165, 1.54) is 31.2 Å². The minimum Gasteiger partial charge on any atom is -0.496 e. The van der Waals surface area contributed by atoms with E-state index in [1.54, 1.807) is 7.11 Å². The molecule has 0 saturated heterocycles. The number of nitrogens with one attached hydrogen (secondary N) is 1. The number of rotatable bonds is 9. The number of hydrogen-bond acceptors (Lipinski definition) is 2. The molecule has 0 bridgehead atoms. The highest BCUT2D eigenvalue weighted by Gasteiger charge is 2.12. The van der Waals surface area contributed by atoms with Gasteiger partial charge in [0.25, 0.3) is 0 Å². The maximum Gasteiger partial charge on any atom is 0.122 e. The van der Waals surface area contributed by atoms with E-state index < -0.39 is 0 Å². The van der Waals surface area contributed by atoms with Crippen molar-refractivity contribution in [3.05, 3.63) is 28.8 Å². The van der Waals surface area contributed by atoms with Crippen molar-refractivity contribution in [3.8, 4) is 5.75 Å². The number of halogens is 1. The highest BCUT2D eigenvalue weighted by molar-refractivity contribution is 6.30. The summed E-state index contributed by atoms with van der Waals surface area (Å²) in [6.45, 7) is 5.39. The van der Waals surface area contributed by atoms with Gasteiger partial charge in [0.05, 0.1) is 7.11 Å². The largest absolute Gasteiger partial charge is 0.496 e. The zero-order valence-electron chi connectivity index (χ0n) is 12.3. The molecule has 0 spiro atoms. The van der Waals surface area contributed by atoms with Crippen LogP contribution in [0.15, 0.2) is 18.2 Å². The Morgan fingerprint density at radius 2 is 2.05 bits per heavy atom. The van der Waals surface area contributed by atoms with E-state index >= 15 is 0 Å². The second kappa shape index (κ2) is 9.22. The molecule has 1 aromatic rings. The SMILES string of the molecule is CCCCCC(Cc1cc(Cl)ccc1OC)NCC. The predicted molar refractivity (Wildman–Crippen MR) is 83.3 cm³/mol. The van der Waals surface area contributed by atoms with Gasteiger partial charge in [-0.3, -0.25) is 0 Å². The fraction of sp³-hybridized carbons (Fsp3) is 0.625. The van der Waals surface area contributed by atoms with Crippen LogP contribution in [0.25, 0.3) is 0 Å². The van der Waals surface area contributed by atoms with Crippen LogP contribution in [0.2, 0.25) is 5.02 Å². The Kier molecular flexibility index (Phi) is 7.92. The van der Waals surface area contributed by atoms with Gasteiger partial charge in [-0.15, -0.1) is 0 Å². The Morgan fingerprint density at radius 3 is 2.68 bits per heavy atom. The number of hydrogen-bond donors (Lipinski definition) is 1. The molecule has 0 aliphatic heterocycles. The zero-order valence-corrected chi connectivity index (χ0v) is 13.1. The van der Waals surface area contributed by atoms with E-state index in [2.05, 4.69) is 19.2 Å². The van der Waals surface area contributed by atoms with Crippen molar-refractivity contribution in [1.82, 2.24) is 5.32 Å². The summed E-state index contributed by atoms with van der Waals surface area (Å²) in [6.07, 6.45) is 6.02. The Morgan fingerprint density at radius 1 is 1.26 bits per heavy atom. The third-order valence-corrected chi connectivity index (χ3v) is 3.59. The van der Waals surface area contributed by atoms with Crippen molar-refractivity contribution in [2.24, 2.45) is 0 Å². The van der Waals surface area contributed by atoms with Gasteiger partial charge in [0.2, 0.25) is 0 Å². The van der Waals surface area contributed by atoms with Crippen LogP contribution < -0.4 is 10.1 Å². The average molecular weight is 284 g/mol. The molecular weight excluding hydrogens is 258 g/mol. The predicted octanol–water partition coefficient (Wildman–Crippen LogP) is 4.45. The van der Waals surface area contributed by atoms with Crippen LogP contribution in [0.4, 0.5) is 0 Å². The van der Waals surface area contributed by atoms with Crippen LogP contribution >= 0.6 is 11.6 Å². The van der Waals surface area contributed by atoms with E-state index in [0.717, 1.165) is 23.7 Å². The molecule has 0 aliphatic rings. The van der Waals surface area contributed by atoms with Crippen molar-refractivity contribution in [2.75, 3.05) is 13.7 Å². The Balaban J connectivity index is 2.68. The van der Waals surface area contributed by atoms with Crippen molar-refractivity contribution in [3.63, 3.8) is 0 Å². The van der Waals surface area contributed by atoms with E-state index in [9.17, 15) is 0 Å². The summed E-state index contributed by atoms with van der Waals surface area (Å²) < 4.78 is 5.42. The molecule has 1 aromatic carbocycles. The summed E-state index contributed by atoms with van der Waals surface area (Å²) in [5.74, 6) is 0.933. The standard InChI is InChI=1S/C16H26ClNO/c1-4-6-7-8-15(18-5-2)12-13-11-14(17)9-10-16(13)19-3/h9-11,15,18H,4-8,12H2,1-3H3. The van der Waals surface area contributed by atoms with Gasteiger partial charge in [0.1, 0.15) is 5.75 Å². The van der Waals surface area contributed by atoms with Crippen molar-refractivity contribution in [1.29, 1.82) is 0 Å². The lowest BCUT2D eigenvalue weighted by molar-refractivity contribution is 0.401. The molecule has 0 amide bonds. The maximum atomic E-state index is 6.09. The first kappa shape index (κ1) is 16.3. The zero-order chi connectivity index (χ0) is 14.1. The van der Waals surface area contributed by atoms with E-state index in [0.29, 0.717) is 6.04 Å². The van der Waals surface area contributed by atoms with Crippen LogP contribution in [0, 0.1) is 0 Å². The minimum atomic E-state index is 0.504. The monoisotopic (exact) mass is 283 g/mol. The summed E-state index contributed by atoms with van der Waals surface area (Å²) in [4.78, 5) is 0. The maximum absolute atomic E-state index is 6.09. The first-order valence-electron chi connectivity index (χ1n) is 7.27. The molecule has 3 heteroatoms. The number of ether oxygens (including phenoxy) is 1. The van der Waals surface area contributed by atoms with E-state index in [1.807, 2.05) is 18.2 Å². The second-order valence-corrected chi connectivity index (χ2v) is 5.35. The Labute approximate surface area is 122 Å². The van der Waals surface area contributed by atoms with Crippen LogP contribution in [-0.2, 0) is 6.42 Å². The van der Waals surface area contributed by atoms with Crippen molar-refractivity contribution < 1.29 is 4.74 Å². The molecule has 0 fully saturated rings. The van der Waals surface area contributed by atoms with Gasteiger partial charge >= 0.3 is 0 Å². The van der Waals surface area contributed by atoms with Gasteiger partial charge in [-0.2, -0.15) is 0 Å². The number of benzene rings is 1. The fourth-order valence-electron chi connectivity index (χ4n) is 2.38. The molecule has 0 saturated carbocycles. The third-order valence-electron chi connectivity index (χ3n) is 3.36. The molecule has 1 N–H and O–H groups in total. The van der Waals surface area contributed by atoms with Gasteiger partial charge in [-0.25, -0.2) is 0 Å². The van der Waals surface area contributed by atoms with E-state index in [4.69, 9.17) is 16.3 Å². The van der Waals surface area contributed by atoms with Crippen LogP contribution in [0.1, 0.15) is 45.1 Å². The molecule has 1 rings (SSSR count). The van der Waals surface area contributed by atoms with Crippen LogP contribution in [-0.4, -0.2) is 19.7 Å². The van der Waals surface area contributed by atoms with Gasteiger partial charge in [-0.05, 0) is 43.1 Å². The van der Waals surface area contributed by atoms with Gasteiger partial charge in [0.15, 0.2) is 0 Å². The molecule has 108 valence electrons. The molecule has 0 heterocycles. The highest BCUT2D eigenvalue weighted by Crippen LogP contribution is 2.24. The van der Waals surface area contributed by atoms with Crippen LogP contribution in [0.5, 0.6) is 5.75 Å². The summed E-state index contributed by atoms with van der Waals surface area (Å²) in [6, 6.07) is 6.35. The second-order valence-electron chi connectivity index (χ2n) is 4.91. The molecule has 0 aromatic heterocycles. The molecule has 19 heavy (non-hydrogen) atoms. The lowest BCUT2D eigenvalue weighted by Gasteiger charge is -2.19. The summed E-state index contributed by atoms with van der Waals surface area (Å²) in [5, 5.41) is 4.34. The number of likely N-dealkylation sites (N-methyl/N-ethyl adjacent to an activating group) is 1. The smallest absolute Gasteiger partial charge is 0.122 e. The van der Waals surface area contributed by atoms with Gasteiger partial charge in [-0.1, -0.05) is 44.7 Å². The Bertz CT molecular complexity index is 368. The topological polar surface area (TPSA) is 21.3 Å². The third kappa shape index (κ3) is 5.84. The molecule has 0 aliphatic carbocycles. The lowest BCUT2D eigenvalue weighted by atomic mass is 9.99. The normalized spacial score (nSPS) is 12.4. The molecule has 1 unspecified atom stereocenters. The summed E-state index contributed by atoms with van der Waals surface area (Å²) in [7, 11) is 1.71. The Hall–Kier alpha value is -0.730. The number of unbranched alkanes of at least 4 members (excludes halogenated alkanes) is 2. The molecular formula is C16H26ClNO. The van der Waals surface area contributed by atoms with Crippen molar-refractivity contribution in [2.45, 2.75) is 52.0 Å². The van der Waals surface area contributed by atoms with Gasteiger partial charge in [0, 0.05) is 11.1 Å². The summed E-state index contributed by atoms with van der Waals surface area (Å²) in [5.41, 5.74) is 1.19. The fourth-order valence-corrected chi connectivity index (χ4v) is 2.57. The first-order valence-corrected chi connectivity index (χ1v) is 7.64. The molecule has 0 radical (unpaired) electrons. The van der Waals surface area contributed by atoms with Crippen LogP contribution in [0.3, 0.4) is 0 Å². The quantitative estimate of drug-likeness (QED) is 0.676. The van der Waals surface area contributed by atoms with Crippen molar-refractivity contribution >= 4 is 11.6 Å². The average Bonchev–Trinajstić information content (AvgIpc) is 2.39. The number of methoxy groups -OCH3 is 1. The van der Waals surface area contributed by atoms with Gasteiger partial charge < -0.3 is 10.1 Å². The summed E-state index contributed by atoms with van der Waals surface area (Å²) >= 11 is 6.09. The molecule has 1 atom stereocenters. The minimum absolute atomic E-state index is 0.504.